The molecule has 2 aromatic rings. The van der Waals surface area contributed by atoms with Crippen LogP contribution in [0.15, 0.2) is 30.3 Å². The number of carbonyl (C=O) groups is 1. The molecule has 2 aliphatic rings. The zero-order chi connectivity index (χ0) is 15.1. The van der Waals surface area contributed by atoms with Gasteiger partial charge in [0.05, 0.1) is 0 Å². The van der Waals surface area contributed by atoms with Gasteiger partial charge in [0.2, 0.25) is 0 Å². The molecule has 0 spiro atoms. The van der Waals surface area contributed by atoms with Crippen molar-refractivity contribution < 1.29 is 4.79 Å². The number of piperidine rings is 1. The number of hydrogen-bond acceptors (Lipinski definition) is 1. The molecule has 2 heterocycles. The summed E-state index contributed by atoms with van der Waals surface area (Å²) in [6.45, 7) is 1.73. The number of fused-ring (bicyclic) bond motifs is 1. The molecule has 0 bridgehead atoms. The Morgan fingerprint density at radius 1 is 1.14 bits per heavy atom. The average molecular weight is 297 g/mol. The number of nitrogens with one attached hydrogen (secondary N) is 1. The summed E-state index contributed by atoms with van der Waals surface area (Å²) >= 11 is 0. The standard InChI is InChI=1S/C18H23N3O/c1-20-16-5-3-2-4-14(16)12-17(20)13-8-10-21(11-9-13)18(22)19-15-6-7-15/h2-5,12-13,15H,6-11H2,1H3,(H,19,22). The SMILES string of the molecule is Cn1c(C2CCN(C(=O)NC3CC3)CC2)cc2ccccc21. The van der Waals surface area contributed by atoms with E-state index in [2.05, 4.69) is 47.3 Å². The van der Waals surface area contributed by atoms with E-state index >= 15 is 0 Å². The summed E-state index contributed by atoms with van der Waals surface area (Å²) in [5, 5.41) is 4.41. The summed E-state index contributed by atoms with van der Waals surface area (Å²) in [6, 6.07) is 11.4. The number of rotatable bonds is 2. The number of aromatic nitrogens is 1. The summed E-state index contributed by atoms with van der Waals surface area (Å²) in [6.07, 6.45) is 4.42. The normalized spacial score (nSPS) is 19.6. The van der Waals surface area contributed by atoms with Crippen molar-refractivity contribution in [2.24, 2.45) is 7.05 Å². The van der Waals surface area contributed by atoms with Crippen molar-refractivity contribution in [1.29, 1.82) is 0 Å². The van der Waals surface area contributed by atoms with Crippen LogP contribution in [0.4, 0.5) is 4.79 Å². The van der Waals surface area contributed by atoms with Crippen LogP contribution in [0.2, 0.25) is 0 Å². The first kappa shape index (κ1) is 13.7. The van der Waals surface area contributed by atoms with Crippen LogP contribution in [0.3, 0.4) is 0 Å². The van der Waals surface area contributed by atoms with Crippen LogP contribution in [0.1, 0.15) is 37.3 Å². The van der Waals surface area contributed by atoms with Crippen LogP contribution in [-0.2, 0) is 7.05 Å². The second kappa shape index (κ2) is 5.34. The van der Waals surface area contributed by atoms with Crippen LogP contribution in [0.25, 0.3) is 10.9 Å². The molecule has 0 atom stereocenters. The van der Waals surface area contributed by atoms with Gasteiger partial charge in [-0.25, -0.2) is 4.79 Å². The Hall–Kier alpha value is -1.97. The van der Waals surface area contributed by atoms with Gasteiger partial charge in [0.1, 0.15) is 0 Å². The maximum atomic E-state index is 12.1. The fraction of sp³-hybridized carbons (Fsp3) is 0.500. The quantitative estimate of drug-likeness (QED) is 0.908. The molecule has 0 radical (unpaired) electrons. The molecule has 1 aromatic heterocycles. The molecule has 2 amide bonds. The number of carbonyl (C=O) groups excluding carboxylic acids is 1. The predicted octanol–water partition coefficient (Wildman–Crippen LogP) is 3.23. The number of aryl methyl sites for hydroxylation is 1. The lowest BCUT2D eigenvalue weighted by atomic mass is 9.93. The lowest BCUT2D eigenvalue weighted by molar-refractivity contribution is 0.180. The molecule has 1 aliphatic carbocycles. The van der Waals surface area contributed by atoms with E-state index in [0.717, 1.165) is 38.8 Å². The van der Waals surface area contributed by atoms with E-state index in [9.17, 15) is 4.79 Å². The van der Waals surface area contributed by atoms with E-state index < -0.39 is 0 Å². The highest BCUT2D eigenvalue weighted by atomic mass is 16.2. The lowest BCUT2D eigenvalue weighted by Gasteiger charge is -2.32. The molecule has 2 fully saturated rings. The second-order valence-electron chi connectivity index (χ2n) is 6.67. The first-order chi connectivity index (χ1) is 10.7. The van der Waals surface area contributed by atoms with Crippen molar-refractivity contribution in [3.05, 3.63) is 36.0 Å². The fourth-order valence-electron chi connectivity index (χ4n) is 3.57. The third-order valence-electron chi connectivity index (χ3n) is 5.09. The Morgan fingerprint density at radius 3 is 2.55 bits per heavy atom. The van der Waals surface area contributed by atoms with E-state index in [1.54, 1.807) is 0 Å². The van der Waals surface area contributed by atoms with E-state index in [1.807, 2.05) is 4.90 Å². The largest absolute Gasteiger partial charge is 0.347 e. The number of benzene rings is 1. The molecule has 1 saturated heterocycles. The number of para-hydroxylation sites is 1. The van der Waals surface area contributed by atoms with Crippen molar-refractivity contribution >= 4 is 16.9 Å². The molecule has 116 valence electrons. The fourth-order valence-corrected chi connectivity index (χ4v) is 3.57. The highest BCUT2D eigenvalue weighted by Gasteiger charge is 2.29. The average Bonchev–Trinajstić information content (AvgIpc) is 3.30. The van der Waals surface area contributed by atoms with Crippen LogP contribution in [0, 0.1) is 0 Å². The molecule has 1 saturated carbocycles. The molecule has 4 heteroatoms. The van der Waals surface area contributed by atoms with Gasteiger partial charge < -0.3 is 14.8 Å². The summed E-state index contributed by atoms with van der Waals surface area (Å²) < 4.78 is 2.32. The van der Waals surface area contributed by atoms with Gasteiger partial charge in [-0.2, -0.15) is 0 Å². The minimum Gasteiger partial charge on any atom is -0.347 e. The summed E-state index contributed by atoms with van der Waals surface area (Å²) in [5.41, 5.74) is 2.70. The van der Waals surface area contributed by atoms with Gasteiger partial charge in [-0.1, -0.05) is 18.2 Å². The number of likely N-dealkylation sites (tertiary alicyclic amines) is 1. The molecule has 1 aliphatic heterocycles. The molecular formula is C18H23N3O. The molecule has 0 unspecified atom stereocenters. The zero-order valence-corrected chi connectivity index (χ0v) is 13.1. The van der Waals surface area contributed by atoms with Gasteiger partial charge >= 0.3 is 6.03 Å². The molecule has 22 heavy (non-hydrogen) atoms. The second-order valence-corrected chi connectivity index (χ2v) is 6.67. The third-order valence-corrected chi connectivity index (χ3v) is 5.09. The van der Waals surface area contributed by atoms with E-state index in [0.29, 0.717) is 12.0 Å². The van der Waals surface area contributed by atoms with Gasteiger partial charge in [0, 0.05) is 43.3 Å². The molecule has 1 N–H and O–H groups in total. The Morgan fingerprint density at radius 2 is 1.86 bits per heavy atom. The van der Waals surface area contributed by atoms with E-state index in [-0.39, 0.29) is 6.03 Å². The van der Waals surface area contributed by atoms with Gasteiger partial charge in [0.25, 0.3) is 0 Å². The molecular weight excluding hydrogens is 274 g/mol. The van der Waals surface area contributed by atoms with Gasteiger partial charge in [-0.15, -0.1) is 0 Å². The predicted molar refractivity (Wildman–Crippen MR) is 88.0 cm³/mol. The Bertz CT molecular complexity index is 693. The minimum atomic E-state index is 0.137. The summed E-state index contributed by atoms with van der Waals surface area (Å²) in [4.78, 5) is 14.1. The Balaban J connectivity index is 1.45. The topological polar surface area (TPSA) is 37.3 Å². The first-order valence-electron chi connectivity index (χ1n) is 8.32. The van der Waals surface area contributed by atoms with Crippen molar-refractivity contribution in [3.63, 3.8) is 0 Å². The van der Waals surface area contributed by atoms with Gasteiger partial charge in [0.15, 0.2) is 0 Å². The molecule has 4 nitrogen and oxygen atoms in total. The summed E-state index contributed by atoms with van der Waals surface area (Å²) in [7, 11) is 2.16. The zero-order valence-electron chi connectivity index (χ0n) is 13.1. The Kier molecular flexibility index (Phi) is 3.32. The van der Waals surface area contributed by atoms with Crippen LogP contribution >= 0.6 is 0 Å². The van der Waals surface area contributed by atoms with Crippen molar-refractivity contribution in [1.82, 2.24) is 14.8 Å². The maximum Gasteiger partial charge on any atom is 0.317 e. The monoisotopic (exact) mass is 297 g/mol. The van der Waals surface area contributed by atoms with E-state index in [1.165, 1.54) is 16.6 Å². The number of nitrogens with zero attached hydrogens (tertiary/aromatic N) is 2. The molecule has 1 aromatic carbocycles. The van der Waals surface area contributed by atoms with E-state index in [4.69, 9.17) is 0 Å². The van der Waals surface area contributed by atoms with Crippen LogP contribution < -0.4 is 5.32 Å². The van der Waals surface area contributed by atoms with Crippen molar-refractivity contribution in [2.75, 3.05) is 13.1 Å². The first-order valence-corrected chi connectivity index (χ1v) is 8.32. The van der Waals surface area contributed by atoms with Crippen LogP contribution in [0.5, 0.6) is 0 Å². The Labute approximate surface area is 131 Å². The van der Waals surface area contributed by atoms with Crippen molar-refractivity contribution in [3.8, 4) is 0 Å². The minimum absolute atomic E-state index is 0.137. The maximum absolute atomic E-state index is 12.1. The van der Waals surface area contributed by atoms with Crippen LogP contribution in [-0.4, -0.2) is 34.6 Å². The number of hydrogen-bond donors (Lipinski definition) is 1. The summed E-state index contributed by atoms with van der Waals surface area (Å²) in [5.74, 6) is 0.558. The third kappa shape index (κ3) is 2.47. The van der Waals surface area contributed by atoms with Gasteiger partial charge in [-0.3, -0.25) is 0 Å². The van der Waals surface area contributed by atoms with Crippen molar-refractivity contribution in [2.45, 2.75) is 37.6 Å². The lowest BCUT2D eigenvalue weighted by Crippen LogP contribution is -2.44. The molecule has 4 rings (SSSR count). The number of amides is 2. The van der Waals surface area contributed by atoms with Gasteiger partial charge in [-0.05, 0) is 43.2 Å². The highest BCUT2D eigenvalue weighted by Crippen LogP contribution is 2.32. The smallest absolute Gasteiger partial charge is 0.317 e. The highest BCUT2D eigenvalue weighted by molar-refractivity contribution is 5.81. The number of urea groups is 1.